The van der Waals surface area contributed by atoms with Crippen molar-refractivity contribution in [2.24, 2.45) is 12.8 Å². The van der Waals surface area contributed by atoms with E-state index in [1.807, 2.05) is 24.3 Å². The van der Waals surface area contributed by atoms with Gasteiger partial charge in [0.2, 0.25) is 0 Å². The Labute approximate surface area is 175 Å². The number of carbonyl (C=O) groups is 1. The highest BCUT2D eigenvalue weighted by Gasteiger charge is 2.33. The number of aromatic amines is 1. The summed E-state index contributed by atoms with van der Waals surface area (Å²) < 4.78 is 1.66. The van der Waals surface area contributed by atoms with Crippen molar-refractivity contribution in [1.82, 2.24) is 20.0 Å². The first-order chi connectivity index (χ1) is 14.5. The second-order valence-electron chi connectivity index (χ2n) is 7.13. The molecule has 0 bridgehead atoms. The normalized spacial score (nSPS) is 13.3. The zero-order valence-electron chi connectivity index (χ0n) is 16.0. The molecule has 150 valence electrons. The molecule has 0 aliphatic carbocycles. The third-order valence-electron chi connectivity index (χ3n) is 5.42. The molecule has 4 aromatic rings. The van der Waals surface area contributed by atoms with Crippen LogP contribution in [0.1, 0.15) is 21.6 Å². The van der Waals surface area contributed by atoms with Gasteiger partial charge < -0.3 is 5.73 Å². The zero-order chi connectivity index (χ0) is 21.0. The second kappa shape index (κ2) is 6.79. The van der Waals surface area contributed by atoms with Gasteiger partial charge in [-0.15, -0.1) is 0 Å². The number of nitrogens with zero attached hydrogens (tertiary/aromatic N) is 4. The summed E-state index contributed by atoms with van der Waals surface area (Å²) in [5.41, 5.74) is 9.08. The Morgan fingerprint density at radius 1 is 1.20 bits per heavy atom. The molecule has 8 nitrogen and oxygen atoms in total. The van der Waals surface area contributed by atoms with Crippen LogP contribution in [0.25, 0.3) is 21.9 Å². The van der Waals surface area contributed by atoms with Crippen molar-refractivity contribution < 1.29 is 4.79 Å². The van der Waals surface area contributed by atoms with E-state index >= 15 is 0 Å². The first kappa shape index (κ1) is 18.5. The summed E-state index contributed by atoms with van der Waals surface area (Å²) in [6, 6.07) is 10.9. The molecule has 0 unspecified atom stereocenters. The van der Waals surface area contributed by atoms with Crippen molar-refractivity contribution in [2.45, 2.75) is 13.1 Å². The van der Waals surface area contributed by atoms with E-state index in [4.69, 9.17) is 17.3 Å². The predicted molar refractivity (Wildman–Crippen MR) is 114 cm³/mol. The van der Waals surface area contributed by atoms with Crippen molar-refractivity contribution in [3.63, 3.8) is 0 Å². The van der Waals surface area contributed by atoms with Crippen LogP contribution in [0.15, 0.2) is 47.4 Å². The third-order valence-corrected chi connectivity index (χ3v) is 5.74. The van der Waals surface area contributed by atoms with Crippen LogP contribution >= 0.6 is 11.6 Å². The fourth-order valence-corrected chi connectivity index (χ4v) is 4.26. The van der Waals surface area contributed by atoms with Crippen molar-refractivity contribution in [3.8, 4) is 11.1 Å². The summed E-state index contributed by atoms with van der Waals surface area (Å²) in [4.78, 5) is 26.9. The van der Waals surface area contributed by atoms with Gasteiger partial charge in [0.1, 0.15) is 5.82 Å². The monoisotopic (exact) mass is 420 g/mol. The van der Waals surface area contributed by atoms with Gasteiger partial charge in [-0.1, -0.05) is 29.8 Å². The first-order valence-corrected chi connectivity index (χ1v) is 9.70. The number of nitrogens with one attached hydrogen (secondary N) is 1. The van der Waals surface area contributed by atoms with Crippen LogP contribution in [0.4, 0.5) is 5.82 Å². The van der Waals surface area contributed by atoms with Crippen LogP contribution in [0.3, 0.4) is 0 Å². The molecule has 0 radical (unpaired) electrons. The molecule has 0 atom stereocenters. The molecule has 1 aliphatic heterocycles. The number of halogens is 1. The number of H-pyrrole nitrogens is 1. The van der Waals surface area contributed by atoms with Gasteiger partial charge in [-0.3, -0.25) is 19.2 Å². The molecule has 2 aromatic carbocycles. The second-order valence-corrected chi connectivity index (χ2v) is 7.54. The lowest BCUT2D eigenvalue weighted by atomic mass is 10.0. The number of carbonyl (C=O) groups excluding carboxylic acids is 1. The average Bonchev–Trinajstić information content (AvgIpc) is 3.28. The van der Waals surface area contributed by atoms with Gasteiger partial charge in [-0.2, -0.15) is 10.2 Å². The molecule has 1 amide bonds. The molecule has 0 saturated carbocycles. The fourth-order valence-electron chi connectivity index (χ4n) is 3.99. The van der Waals surface area contributed by atoms with Gasteiger partial charge in [0.25, 0.3) is 11.5 Å². The van der Waals surface area contributed by atoms with Gasteiger partial charge >= 0.3 is 0 Å². The lowest BCUT2D eigenvalue weighted by Crippen LogP contribution is -2.26. The number of rotatable bonds is 3. The van der Waals surface area contributed by atoms with Crippen LogP contribution in [-0.4, -0.2) is 25.9 Å². The van der Waals surface area contributed by atoms with Crippen molar-refractivity contribution in [1.29, 1.82) is 0 Å². The number of aryl methyl sites for hydroxylation is 1. The maximum Gasteiger partial charge on any atom is 0.272 e. The molecule has 1 aliphatic rings. The minimum absolute atomic E-state index is 0.165. The summed E-state index contributed by atoms with van der Waals surface area (Å²) in [6.07, 6.45) is 1.71. The Morgan fingerprint density at radius 3 is 2.80 bits per heavy atom. The molecule has 9 heteroatoms. The zero-order valence-corrected chi connectivity index (χ0v) is 16.8. The summed E-state index contributed by atoms with van der Waals surface area (Å²) in [7, 11) is 1.79. The van der Waals surface area contributed by atoms with E-state index in [2.05, 4.69) is 15.3 Å². The summed E-state index contributed by atoms with van der Waals surface area (Å²) in [5.74, 6) is 0.487. The van der Waals surface area contributed by atoms with Crippen molar-refractivity contribution in [3.05, 3.63) is 74.8 Å². The van der Waals surface area contributed by atoms with E-state index in [1.165, 1.54) is 0 Å². The number of nitrogens with two attached hydrogens (primary N) is 1. The van der Waals surface area contributed by atoms with Crippen LogP contribution in [0.5, 0.6) is 0 Å². The van der Waals surface area contributed by atoms with E-state index < -0.39 is 0 Å². The Bertz CT molecular complexity index is 1390. The Balaban J connectivity index is 1.67. The minimum Gasteiger partial charge on any atom is -0.325 e. The molecular weight excluding hydrogens is 404 g/mol. The third kappa shape index (κ3) is 2.65. The summed E-state index contributed by atoms with van der Waals surface area (Å²) in [5, 5.41) is 12.5. The number of hydrogen-bond acceptors (Lipinski definition) is 5. The summed E-state index contributed by atoms with van der Waals surface area (Å²) >= 11 is 6.28. The highest BCUT2D eigenvalue weighted by atomic mass is 35.5. The molecule has 3 N–H and O–H groups in total. The lowest BCUT2D eigenvalue weighted by Gasteiger charge is -2.18. The van der Waals surface area contributed by atoms with Crippen molar-refractivity contribution >= 4 is 34.1 Å². The number of aromatic nitrogens is 4. The molecule has 3 heterocycles. The molecule has 0 fully saturated rings. The molecule has 0 spiro atoms. The number of amides is 1. The highest BCUT2D eigenvalue weighted by Crippen LogP contribution is 2.38. The Kier molecular flexibility index (Phi) is 4.19. The number of anilines is 1. The van der Waals surface area contributed by atoms with Gasteiger partial charge in [0.15, 0.2) is 0 Å². The van der Waals surface area contributed by atoms with E-state index in [-0.39, 0.29) is 18.0 Å². The average molecular weight is 421 g/mol. The number of benzene rings is 2. The van der Waals surface area contributed by atoms with Gasteiger partial charge in [0.05, 0.1) is 34.4 Å². The van der Waals surface area contributed by atoms with Crippen LogP contribution in [0.2, 0.25) is 5.02 Å². The topological polar surface area (TPSA) is 110 Å². The lowest BCUT2D eigenvalue weighted by molar-refractivity contribution is 0.0995. The predicted octanol–water partition coefficient (Wildman–Crippen LogP) is 2.60. The van der Waals surface area contributed by atoms with Crippen LogP contribution < -0.4 is 16.2 Å². The SMILES string of the molecule is Cn1ncc(-c2ccc3c(=O)[nH]nc(CN)c3c2)c1N1Cc2cccc(Cl)c2C1=O. The molecule has 30 heavy (non-hydrogen) atoms. The first-order valence-electron chi connectivity index (χ1n) is 9.32. The highest BCUT2D eigenvalue weighted by molar-refractivity contribution is 6.35. The van der Waals surface area contributed by atoms with E-state index in [0.29, 0.717) is 39.4 Å². The minimum atomic E-state index is -0.278. The van der Waals surface area contributed by atoms with E-state index in [0.717, 1.165) is 16.7 Å². The van der Waals surface area contributed by atoms with Gasteiger partial charge in [-0.05, 0) is 29.3 Å². The summed E-state index contributed by atoms with van der Waals surface area (Å²) in [6.45, 7) is 0.596. The quantitative estimate of drug-likeness (QED) is 0.529. The molecule has 0 saturated heterocycles. The maximum absolute atomic E-state index is 13.1. The van der Waals surface area contributed by atoms with Gasteiger partial charge in [-0.25, -0.2) is 5.10 Å². The smallest absolute Gasteiger partial charge is 0.272 e. The number of hydrogen-bond donors (Lipinski definition) is 2. The fraction of sp³-hybridized carbons (Fsp3) is 0.143. The Hall–Kier alpha value is -3.49. The standard InChI is InChI=1S/C21H17ClN6O2/c1-27-20(28-10-12-3-2-4-16(22)18(12)21(28)30)15(9-24-27)11-5-6-13-14(7-11)17(8-23)25-26-19(13)29/h2-7,9H,8,10,23H2,1H3,(H,26,29). The van der Waals surface area contributed by atoms with Crippen LogP contribution in [-0.2, 0) is 20.1 Å². The van der Waals surface area contributed by atoms with Gasteiger partial charge in [0, 0.05) is 24.5 Å². The number of fused-ring (bicyclic) bond motifs is 2. The largest absolute Gasteiger partial charge is 0.325 e. The molecular formula is C21H17ClN6O2. The Morgan fingerprint density at radius 2 is 2.03 bits per heavy atom. The molecule has 2 aromatic heterocycles. The maximum atomic E-state index is 13.1. The van der Waals surface area contributed by atoms with Crippen molar-refractivity contribution in [2.75, 3.05) is 4.90 Å². The molecule has 5 rings (SSSR count). The van der Waals surface area contributed by atoms with E-state index in [1.54, 1.807) is 35.0 Å². The van der Waals surface area contributed by atoms with Crippen LogP contribution in [0, 0.1) is 0 Å². The van der Waals surface area contributed by atoms with E-state index in [9.17, 15) is 9.59 Å².